The van der Waals surface area contributed by atoms with Crippen molar-refractivity contribution in [2.75, 3.05) is 46.4 Å². The highest BCUT2D eigenvalue weighted by molar-refractivity contribution is 7.53. The third kappa shape index (κ3) is 11.2. The van der Waals surface area contributed by atoms with Crippen LogP contribution in [0.1, 0.15) is 51.3 Å². The lowest BCUT2D eigenvalue weighted by atomic mass is 10.1. The molecule has 3 rings (SSSR count). The lowest BCUT2D eigenvalue weighted by Gasteiger charge is -2.37. The standard InChI is InChI=1S/C34H51N2O7PSi/c1-9-41-44(38,42-10-2)26-40-30-16-17-32-31(23-30)29(24-35-32)19-20-36(21-22-43-45(7,8)34(3,4)5)25-28-13-11-27(12-14-28)15-18-33(37)39-6/h11-18,23-24,35H,9-10,19-22,25-26H2,1-8H3/b18-15+. The van der Waals surface area contributed by atoms with Crippen LogP contribution in [0.2, 0.25) is 18.1 Å². The van der Waals surface area contributed by atoms with Crippen LogP contribution in [0.25, 0.3) is 17.0 Å². The fourth-order valence-electron chi connectivity index (χ4n) is 4.53. The SMILES string of the molecule is CCOP(=O)(COc1ccc2[nH]cc(CCN(CCO[Si](C)(C)C(C)(C)C)Cc3ccc(/C=C/C(=O)OC)cc3)c2c1)OCC. The van der Waals surface area contributed by atoms with Crippen LogP contribution in [0, 0.1) is 0 Å². The first-order valence-electron chi connectivity index (χ1n) is 15.6. The molecule has 0 bridgehead atoms. The second-order valence-electron chi connectivity index (χ2n) is 12.5. The molecule has 0 spiro atoms. The number of carbonyl (C=O) groups excluding carboxylic acids is 1. The zero-order valence-electron chi connectivity index (χ0n) is 28.2. The summed E-state index contributed by atoms with van der Waals surface area (Å²) in [5.74, 6) is 0.239. The predicted molar refractivity (Wildman–Crippen MR) is 184 cm³/mol. The van der Waals surface area contributed by atoms with Crippen molar-refractivity contribution in [3.8, 4) is 5.75 Å². The Balaban J connectivity index is 1.74. The van der Waals surface area contributed by atoms with E-state index in [1.165, 1.54) is 24.3 Å². The molecule has 0 fully saturated rings. The maximum Gasteiger partial charge on any atom is 0.367 e. The van der Waals surface area contributed by atoms with Crippen molar-refractivity contribution in [3.05, 3.63) is 71.4 Å². The van der Waals surface area contributed by atoms with Gasteiger partial charge in [0.1, 0.15) is 5.75 Å². The smallest absolute Gasteiger partial charge is 0.367 e. The van der Waals surface area contributed by atoms with Crippen LogP contribution in [0.4, 0.5) is 0 Å². The van der Waals surface area contributed by atoms with E-state index in [0.29, 0.717) is 12.4 Å². The van der Waals surface area contributed by atoms with Gasteiger partial charge in [-0.3, -0.25) is 9.46 Å². The van der Waals surface area contributed by atoms with Crippen molar-refractivity contribution in [2.45, 2.75) is 65.7 Å². The maximum absolute atomic E-state index is 12.9. The molecule has 2 aromatic carbocycles. The number of rotatable bonds is 18. The van der Waals surface area contributed by atoms with Gasteiger partial charge in [-0.25, -0.2) is 4.79 Å². The highest BCUT2D eigenvalue weighted by Crippen LogP contribution is 2.48. The van der Waals surface area contributed by atoms with Crippen LogP contribution in [-0.2, 0) is 40.5 Å². The third-order valence-electron chi connectivity index (χ3n) is 8.15. The molecule has 0 aliphatic heterocycles. The van der Waals surface area contributed by atoms with Gasteiger partial charge < -0.3 is 27.9 Å². The summed E-state index contributed by atoms with van der Waals surface area (Å²) >= 11 is 0. The molecule has 9 nitrogen and oxygen atoms in total. The van der Waals surface area contributed by atoms with E-state index < -0.39 is 15.9 Å². The molecule has 0 aliphatic rings. The molecule has 3 aromatic rings. The fraction of sp³-hybridized carbons (Fsp3) is 0.500. The van der Waals surface area contributed by atoms with Crippen molar-refractivity contribution in [2.24, 2.45) is 0 Å². The summed E-state index contributed by atoms with van der Waals surface area (Å²) in [6.07, 6.45) is 5.90. The Morgan fingerprint density at radius 2 is 1.71 bits per heavy atom. The molecular weight excluding hydrogens is 607 g/mol. The average Bonchev–Trinajstić information content (AvgIpc) is 3.40. The lowest BCUT2D eigenvalue weighted by molar-refractivity contribution is -0.134. The summed E-state index contributed by atoms with van der Waals surface area (Å²) in [4.78, 5) is 17.3. The van der Waals surface area contributed by atoms with Gasteiger partial charge in [-0.15, -0.1) is 0 Å². The van der Waals surface area contributed by atoms with E-state index in [2.05, 4.69) is 55.9 Å². The van der Waals surface area contributed by atoms with Crippen LogP contribution in [-0.4, -0.2) is 70.5 Å². The molecule has 0 aliphatic carbocycles. The van der Waals surface area contributed by atoms with E-state index in [1.54, 1.807) is 19.9 Å². The number of H-pyrrole nitrogens is 1. The second kappa shape index (κ2) is 16.7. The van der Waals surface area contributed by atoms with Crippen molar-refractivity contribution in [3.63, 3.8) is 0 Å². The summed E-state index contributed by atoms with van der Waals surface area (Å²) in [5, 5.41) is 1.21. The van der Waals surface area contributed by atoms with Gasteiger partial charge in [-0.2, -0.15) is 0 Å². The molecule has 45 heavy (non-hydrogen) atoms. The maximum atomic E-state index is 12.9. The predicted octanol–water partition coefficient (Wildman–Crippen LogP) is 8.02. The molecule has 0 saturated carbocycles. The van der Waals surface area contributed by atoms with Gasteiger partial charge in [-0.1, -0.05) is 45.0 Å². The van der Waals surface area contributed by atoms with E-state index in [-0.39, 0.29) is 30.6 Å². The number of ether oxygens (including phenoxy) is 2. The van der Waals surface area contributed by atoms with Gasteiger partial charge in [0.2, 0.25) is 0 Å². The molecule has 0 radical (unpaired) electrons. The number of benzene rings is 2. The van der Waals surface area contributed by atoms with Crippen molar-refractivity contribution in [1.82, 2.24) is 9.88 Å². The van der Waals surface area contributed by atoms with Crippen molar-refractivity contribution < 1.29 is 32.3 Å². The molecule has 0 amide bonds. The number of fused-ring (bicyclic) bond motifs is 1. The minimum Gasteiger partial charge on any atom is -0.481 e. The molecule has 1 heterocycles. The Morgan fingerprint density at radius 1 is 1.02 bits per heavy atom. The van der Waals surface area contributed by atoms with Crippen LogP contribution < -0.4 is 4.74 Å². The number of nitrogens with zero attached hydrogens (tertiary/aromatic N) is 1. The first-order chi connectivity index (χ1) is 21.3. The zero-order chi connectivity index (χ0) is 33.1. The summed E-state index contributed by atoms with van der Waals surface area (Å²) in [6, 6.07) is 14.0. The summed E-state index contributed by atoms with van der Waals surface area (Å²) in [5.41, 5.74) is 4.30. The minimum absolute atomic E-state index is 0.140. The lowest BCUT2D eigenvalue weighted by Crippen LogP contribution is -2.43. The highest BCUT2D eigenvalue weighted by atomic mass is 31.2. The molecule has 11 heteroatoms. The summed E-state index contributed by atoms with van der Waals surface area (Å²) < 4.78 is 40.7. The number of aromatic nitrogens is 1. The van der Waals surface area contributed by atoms with E-state index in [0.717, 1.165) is 42.5 Å². The van der Waals surface area contributed by atoms with E-state index in [4.69, 9.17) is 22.9 Å². The van der Waals surface area contributed by atoms with Crippen molar-refractivity contribution >= 4 is 38.9 Å². The second-order valence-corrected chi connectivity index (χ2v) is 19.3. The number of esters is 1. The molecule has 0 saturated heterocycles. The number of methoxy groups -OCH3 is 1. The van der Waals surface area contributed by atoms with Crippen LogP contribution in [0.15, 0.2) is 54.7 Å². The number of hydrogen-bond donors (Lipinski definition) is 1. The fourth-order valence-corrected chi connectivity index (χ4v) is 6.88. The highest BCUT2D eigenvalue weighted by Gasteiger charge is 2.37. The van der Waals surface area contributed by atoms with E-state index in [9.17, 15) is 9.36 Å². The molecular formula is C34H51N2O7PSi. The number of nitrogens with one attached hydrogen (secondary N) is 1. The Morgan fingerprint density at radius 3 is 2.33 bits per heavy atom. The van der Waals surface area contributed by atoms with Gasteiger partial charge in [-0.05, 0) is 79.4 Å². The Labute approximate surface area is 269 Å². The van der Waals surface area contributed by atoms with Gasteiger partial charge in [0.15, 0.2) is 14.7 Å². The summed E-state index contributed by atoms with van der Waals surface area (Å²) in [7, 11) is -3.82. The summed E-state index contributed by atoms with van der Waals surface area (Å²) in [6.45, 7) is 18.5. The molecule has 1 aromatic heterocycles. The van der Waals surface area contributed by atoms with Gasteiger partial charge in [0.05, 0.1) is 20.3 Å². The monoisotopic (exact) mass is 658 g/mol. The van der Waals surface area contributed by atoms with Gasteiger partial charge in [0, 0.05) is 49.4 Å². The zero-order valence-corrected chi connectivity index (χ0v) is 30.1. The third-order valence-corrected chi connectivity index (χ3v) is 14.4. The molecule has 1 N–H and O–H groups in total. The minimum atomic E-state index is -3.32. The largest absolute Gasteiger partial charge is 0.481 e. The van der Waals surface area contributed by atoms with Gasteiger partial charge in [0.25, 0.3) is 0 Å². The molecule has 0 unspecified atom stereocenters. The van der Waals surface area contributed by atoms with Crippen LogP contribution in [0.3, 0.4) is 0 Å². The number of aromatic amines is 1. The van der Waals surface area contributed by atoms with Crippen LogP contribution >= 0.6 is 7.60 Å². The van der Waals surface area contributed by atoms with Crippen LogP contribution in [0.5, 0.6) is 5.75 Å². The first kappa shape index (κ1) is 36.7. The topological polar surface area (TPSA) is 99.3 Å². The molecule has 0 atom stereocenters. The quantitative estimate of drug-likeness (QED) is 0.0635. The van der Waals surface area contributed by atoms with E-state index >= 15 is 0 Å². The van der Waals surface area contributed by atoms with Crippen molar-refractivity contribution in [1.29, 1.82) is 0 Å². The molecule has 248 valence electrons. The average molecular weight is 659 g/mol. The Kier molecular flexibility index (Phi) is 13.7. The Hall–Kier alpha value is -2.72. The van der Waals surface area contributed by atoms with Gasteiger partial charge >= 0.3 is 13.6 Å². The number of carbonyl (C=O) groups is 1. The van der Waals surface area contributed by atoms with E-state index in [1.807, 2.05) is 36.5 Å². The first-order valence-corrected chi connectivity index (χ1v) is 20.2. The number of hydrogen-bond acceptors (Lipinski definition) is 8. The Bertz CT molecular complexity index is 1440. The normalized spacial score (nSPS) is 12.8.